The Hall–Kier alpha value is -3.42. The molecule has 2 amide bonds. The van der Waals surface area contributed by atoms with E-state index in [4.69, 9.17) is 32.7 Å². The number of piperazine rings is 1. The molecule has 3 aliphatic rings. The number of halogens is 3. The Morgan fingerprint density at radius 1 is 0.860 bits per heavy atom. The molecule has 270 valence electrons. The van der Waals surface area contributed by atoms with Gasteiger partial charge < -0.3 is 24.6 Å². The zero-order valence-electron chi connectivity index (χ0n) is 28.0. The summed E-state index contributed by atoms with van der Waals surface area (Å²) in [5.74, 6) is -2.93. The summed E-state index contributed by atoms with van der Waals surface area (Å²) in [6, 6.07) is 13.6. The molecule has 11 nitrogen and oxygen atoms in total. The molecule has 0 aromatic heterocycles. The van der Waals surface area contributed by atoms with E-state index in [0.29, 0.717) is 37.5 Å². The first-order valence-electron chi connectivity index (χ1n) is 16.2. The number of benzene rings is 2. The zero-order chi connectivity index (χ0) is 35.1. The summed E-state index contributed by atoms with van der Waals surface area (Å²) < 4.78 is 24.0. The van der Waals surface area contributed by atoms with Crippen molar-refractivity contribution in [2.75, 3.05) is 65.8 Å². The minimum atomic E-state index is -1.62. The minimum absolute atomic E-state index is 0. The second-order valence-electron chi connectivity index (χ2n) is 12.0. The molecule has 0 aliphatic carbocycles. The van der Waals surface area contributed by atoms with Crippen molar-refractivity contribution in [2.24, 2.45) is 0 Å². The smallest absolute Gasteiger partial charge is 0.336 e. The fourth-order valence-corrected chi connectivity index (χ4v) is 8.27. The lowest BCUT2D eigenvalue weighted by Gasteiger charge is -2.36. The number of likely N-dealkylation sites (tertiary alicyclic amines) is 1. The van der Waals surface area contributed by atoms with Crippen molar-refractivity contribution in [1.82, 2.24) is 20.0 Å². The molecule has 2 saturated heterocycles. The van der Waals surface area contributed by atoms with E-state index in [1.165, 1.54) is 14.2 Å². The van der Waals surface area contributed by atoms with Crippen molar-refractivity contribution in [2.45, 2.75) is 36.5 Å². The minimum Gasteiger partial charge on any atom is -0.466 e. The summed E-state index contributed by atoms with van der Waals surface area (Å²) in [7, 11) is 0.792. The third-order valence-corrected chi connectivity index (χ3v) is 11.0. The van der Waals surface area contributed by atoms with Crippen LogP contribution in [0.1, 0.15) is 37.2 Å². The third-order valence-electron chi connectivity index (χ3n) is 9.04. The molecule has 0 saturated carbocycles. The Morgan fingerprint density at radius 3 is 2.06 bits per heavy atom. The van der Waals surface area contributed by atoms with Crippen molar-refractivity contribution < 1.29 is 32.9 Å². The number of nitrogens with one attached hydrogen (secondary N) is 1. The maximum atomic E-state index is 13.9. The predicted molar refractivity (Wildman–Crippen MR) is 193 cm³/mol. The number of carbonyl (C=O) groups is 4. The van der Waals surface area contributed by atoms with Crippen LogP contribution in [0.3, 0.4) is 0 Å². The highest BCUT2D eigenvalue weighted by atomic mass is 35.5. The number of carbonyl (C=O) groups excluding carboxylic acids is 4. The van der Waals surface area contributed by atoms with Crippen LogP contribution in [0.4, 0.5) is 0 Å². The lowest BCUT2D eigenvalue weighted by atomic mass is 9.79. The fourth-order valence-electron chi connectivity index (χ4n) is 6.54. The van der Waals surface area contributed by atoms with Crippen LogP contribution in [0, 0.1) is 0 Å². The van der Waals surface area contributed by atoms with Crippen LogP contribution in [0.25, 0.3) is 0 Å². The average molecular weight is 768 g/mol. The van der Waals surface area contributed by atoms with Gasteiger partial charge in [0.05, 0.1) is 54.3 Å². The lowest BCUT2D eigenvalue weighted by molar-refractivity contribution is -0.137. The van der Waals surface area contributed by atoms with Crippen LogP contribution in [-0.2, 0) is 39.5 Å². The van der Waals surface area contributed by atoms with Gasteiger partial charge in [-0.15, -0.1) is 12.4 Å². The molecule has 1 unspecified atom stereocenters. The number of dihydropyridines is 1. The van der Waals surface area contributed by atoms with Crippen molar-refractivity contribution in [1.29, 1.82) is 0 Å². The van der Waals surface area contributed by atoms with E-state index in [2.05, 4.69) is 10.2 Å². The molecule has 0 spiro atoms. The van der Waals surface area contributed by atoms with Gasteiger partial charge in [0.25, 0.3) is 0 Å². The summed E-state index contributed by atoms with van der Waals surface area (Å²) in [4.78, 5) is 59.4. The predicted octanol–water partition coefficient (Wildman–Crippen LogP) is 4.31. The van der Waals surface area contributed by atoms with E-state index in [9.17, 15) is 23.4 Å². The molecular formula is C35H41Cl3N4O7S. The first-order valence-corrected chi connectivity index (χ1v) is 18.2. The molecule has 2 atom stereocenters. The van der Waals surface area contributed by atoms with E-state index in [1.54, 1.807) is 53.4 Å². The van der Waals surface area contributed by atoms with Crippen LogP contribution in [0.15, 0.2) is 76.0 Å². The van der Waals surface area contributed by atoms with Gasteiger partial charge in [-0.25, -0.2) is 9.59 Å². The average Bonchev–Trinajstić information content (AvgIpc) is 3.52. The van der Waals surface area contributed by atoms with Gasteiger partial charge in [0.1, 0.15) is 0 Å². The number of ether oxygens (including phenoxy) is 2. The van der Waals surface area contributed by atoms with Gasteiger partial charge in [-0.3, -0.25) is 18.7 Å². The zero-order valence-corrected chi connectivity index (χ0v) is 31.1. The Kier molecular flexibility index (Phi) is 14.3. The largest absolute Gasteiger partial charge is 0.466 e. The van der Waals surface area contributed by atoms with Crippen LogP contribution >= 0.6 is 35.6 Å². The number of amides is 2. The summed E-state index contributed by atoms with van der Waals surface area (Å²) >= 11 is 13.4. The first kappa shape index (κ1) is 39.4. The van der Waals surface area contributed by atoms with Crippen LogP contribution < -0.4 is 5.32 Å². The third kappa shape index (κ3) is 9.08. The molecule has 1 N–H and O–H groups in total. The molecule has 50 heavy (non-hydrogen) atoms. The normalized spacial score (nSPS) is 18.8. The quantitative estimate of drug-likeness (QED) is 0.315. The lowest BCUT2D eigenvalue weighted by Crippen LogP contribution is -2.49. The van der Waals surface area contributed by atoms with Crippen LogP contribution in [0.5, 0.6) is 0 Å². The van der Waals surface area contributed by atoms with Crippen molar-refractivity contribution in [3.63, 3.8) is 0 Å². The number of rotatable bonds is 12. The molecule has 2 aromatic carbocycles. The Bertz CT molecular complexity index is 1660. The standard InChI is InChI=1S/C35H40Cl2N4O7S.ClH/c1-47-34(44)31-26(21-29(43)41-19-17-39(18-20-41)14-8-16-40-15-7-13-28(40)42)38-27(22-49(46)23-9-4-3-5-10-23)32(35(45)48-2)33(31)30-24(36)11-6-12-25(30)37;/h3-6,9-12,33,38H,7-8,13-22H2,1-2H3;1H/t33-,49?;/m0./s1. The molecule has 2 fully saturated rings. The van der Waals surface area contributed by atoms with Crippen LogP contribution in [-0.4, -0.2) is 108 Å². The van der Waals surface area contributed by atoms with E-state index >= 15 is 0 Å². The highest BCUT2D eigenvalue weighted by Gasteiger charge is 2.42. The van der Waals surface area contributed by atoms with Crippen molar-refractivity contribution in [3.8, 4) is 0 Å². The first-order chi connectivity index (χ1) is 23.6. The summed E-state index contributed by atoms with van der Waals surface area (Å²) in [6.45, 7) is 4.69. The second kappa shape index (κ2) is 18.2. The number of nitrogens with zero attached hydrogens (tertiary/aromatic N) is 3. The number of esters is 2. The molecule has 2 aromatic rings. The van der Waals surface area contributed by atoms with Gasteiger partial charge in [0.15, 0.2) is 0 Å². The fraction of sp³-hybridized carbons (Fsp3) is 0.429. The van der Waals surface area contributed by atoms with Gasteiger partial charge in [0.2, 0.25) is 11.8 Å². The number of hydrogen-bond acceptors (Lipinski definition) is 9. The summed E-state index contributed by atoms with van der Waals surface area (Å²) in [5.41, 5.74) is 0.638. The van der Waals surface area contributed by atoms with Gasteiger partial charge >= 0.3 is 11.9 Å². The molecule has 0 bridgehead atoms. The number of methoxy groups -OCH3 is 2. The van der Waals surface area contributed by atoms with Gasteiger partial charge in [-0.1, -0.05) is 47.5 Å². The van der Waals surface area contributed by atoms with E-state index in [-0.39, 0.29) is 74.5 Å². The van der Waals surface area contributed by atoms with Gasteiger partial charge in [0, 0.05) is 77.6 Å². The number of hydrogen-bond donors (Lipinski definition) is 1. The molecule has 3 heterocycles. The molecular weight excluding hydrogens is 727 g/mol. The van der Waals surface area contributed by atoms with Crippen molar-refractivity contribution in [3.05, 3.63) is 86.7 Å². The van der Waals surface area contributed by atoms with E-state index < -0.39 is 28.7 Å². The maximum Gasteiger partial charge on any atom is 0.336 e. The highest BCUT2D eigenvalue weighted by Crippen LogP contribution is 2.45. The van der Waals surface area contributed by atoms with Crippen molar-refractivity contribution >= 4 is 70.2 Å². The highest BCUT2D eigenvalue weighted by molar-refractivity contribution is 7.85. The molecule has 3 aliphatic heterocycles. The Labute approximate surface area is 310 Å². The SMILES string of the molecule is COC(=O)C1=C(CC(=O)N2CCN(CCCN3CCCC3=O)CC2)NC(CS(=O)c2ccccc2)=C(C(=O)OC)[C@H]1c1c(Cl)cccc1Cl.Cl. The Balaban J connectivity index is 0.00000562. The summed E-state index contributed by atoms with van der Waals surface area (Å²) in [6.07, 6.45) is 2.19. The topological polar surface area (TPSA) is 126 Å². The van der Waals surface area contributed by atoms with E-state index in [1.807, 2.05) is 4.90 Å². The maximum absolute atomic E-state index is 13.9. The second-order valence-corrected chi connectivity index (χ2v) is 14.3. The molecule has 0 radical (unpaired) electrons. The van der Waals surface area contributed by atoms with Gasteiger partial charge in [-0.05, 0) is 43.7 Å². The molecule has 5 rings (SSSR count). The van der Waals surface area contributed by atoms with Gasteiger partial charge in [-0.2, -0.15) is 0 Å². The van der Waals surface area contributed by atoms with E-state index in [0.717, 1.165) is 32.5 Å². The molecule has 15 heteroatoms. The summed E-state index contributed by atoms with van der Waals surface area (Å²) in [5, 5.41) is 3.51. The van der Waals surface area contributed by atoms with Crippen LogP contribution in [0.2, 0.25) is 10.0 Å². The Morgan fingerprint density at radius 2 is 1.48 bits per heavy atom. The monoisotopic (exact) mass is 766 g/mol.